The second-order valence-electron chi connectivity index (χ2n) is 10.2. The lowest BCUT2D eigenvalue weighted by atomic mass is 9.45. The predicted octanol–water partition coefficient (Wildman–Crippen LogP) is 3.76. The van der Waals surface area contributed by atoms with Gasteiger partial charge < -0.3 is 14.6 Å². The number of aliphatic hydroxyl groups is 2. The highest BCUT2D eigenvalue weighted by atomic mass is 16.4. The molecule has 2 unspecified atom stereocenters. The minimum Gasteiger partial charge on any atom is -0.424 e. The summed E-state index contributed by atoms with van der Waals surface area (Å²) < 4.78 is 5.08. The maximum Gasteiger partial charge on any atom is 0.389 e. The number of aliphatic hydroxyl groups excluding tert-OH is 1. The van der Waals surface area contributed by atoms with Crippen LogP contribution < -0.4 is 5.63 Å². The first-order valence-electron chi connectivity index (χ1n) is 10.8. The molecule has 3 fully saturated rings. The van der Waals surface area contributed by atoms with Crippen LogP contribution in [0.4, 0.5) is 0 Å². The molecule has 1 heterocycles. The Morgan fingerprint density at radius 2 is 1.89 bits per heavy atom. The van der Waals surface area contributed by atoms with E-state index in [1.165, 1.54) is 11.8 Å². The van der Waals surface area contributed by atoms with Gasteiger partial charge in [0.25, 0.3) is 0 Å². The molecule has 0 amide bonds. The Bertz CT molecular complexity index is 851. The van der Waals surface area contributed by atoms with Gasteiger partial charge in [0.15, 0.2) is 0 Å². The van der Waals surface area contributed by atoms with Crippen LogP contribution in [-0.4, -0.2) is 21.9 Å². The van der Waals surface area contributed by atoms with Gasteiger partial charge in [-0.05, 0) is 68.6 Å². The third-order valence-electron chi connectivity index (χ3n) is 9.25. The summed E-state index contributed by atoms with van der Waals surface area (Å²) in [5, 5.41) is 22.2. The lowest BCUT2D eigenvalue weighted by molar-refractivity contribution is -0.178. The SMILES string of the molecule is C[C@]12CC[C@H](O)C=C1CCC1C2CC[C@]2(C)[C@@H](c3c#cc(=O)oc3)CC[C@]12O. The maximum atomic E-state index is 12.1. The summed E-state index contributed by atoms with van der Waals surface area (Å²) in [6, 6.07) is 5.55. The van der Waals surface area contributed by atoms with E-state index in [9.17, 15) is 15.0 Å². The number of fused-ring (bicyclic) bond motifs is 5. The fourth-order valence-electron chi connectivity index (χ4n) is 7.65. The zero-order valence-corrected chi connectivity index (χ0v) is 16.8. The molecule has 150 valence electrons. The normalized spacial score (nSPS) is 47.4. The lowest BCUT2D eigenvalue weighted by Crippen LogP contribution is -2.60. The van der Waals surface area contributed by atoms with E-state index >= 15 is 0 Å². The summed E-state index contributed by atoms with van der Waals surface area (Å²) in [5.41, 5.74) is 0.975. The third kappa shape index (κ3) is 2.30. The van der Waals surface area contributed by atoms with Crippen LogP contribution in [0.15, 0.2) is 27.1 Å². The highest BCUT2D eigenvalue weighted by Gasteiger charge is 2.66. The first-order valence-corrected chi connectivity index (χ1v) is 10.8. The van der Waals surface area contributed by atoms with Gasteiger partial charge in [-0.1, -0.05) is 31.6 Å². The number of hydrogen-bond acceptors (Lipinski definition) is 4. The monoisotopic (exact) mass is 382 g/mol. The van der Waals surface area contributed by atoms with E-state index in [1.807, 2.05) is 0 Å². The van der Waals surface area contributed by atoms with Gasteiger partial charge in [0.05, 0.1) is 11.7 Å². The Hall–Kier alpha value is -1.57. The molecule has 0 bridgehead atoms. The molecule has 0 saturated heterocycles. The molecule has 3 saturated carbocycles. The molecule has 0 aliphatic heterocycles. The number of hydrogen-bond donors (Lipinski definition) is 2. The van der Waals surface area contributed by atoms with Crippen molar-refractivity contribution in [3.63, 3.8) is 0 Å². The molecule has 7 atom stereocenters. The summed E-state index contributed by atoms with van der Waals surface area (Å²) in [4.78, 5) is 11.3. The molecular formula is C24H30O4. The standard InChI is InChI=1S/C24H30O4/c1-22-10-7-17(25)13-16(22)4-5-20-19(22)8-11-23(2)18(9-12-24(20,23)27)15-3-6-21(26)28-14-15/h13-14,17-20,25,27H,4-5,7-12H2,1-2H3/t17-,18+,19?,20?,22-,23+,24-/m0/s1. The number of rotatable bonds is 1. The average molecular weight is 383 g/mol. The van der Waals surface area contributed by atoms with E-state index in [2.05, 4.69) is 32.1 Å². The van der Waals surface area contributed by atoms with E-state index in [-0.39, 0.29) is 28.8 Å². The zero-order valence-electron chi connectivity index (χ0n) is 16.8. The lowest BCUT2D eigenvalue weighted by Gasteiger charge is -2.61. The van der Waals surface area contributed by atoms with Crippen molar-refractivity contribution >= 4 is 0 Å². The zero-order chi connectivity index (χ0) is 19.7. The van der Waals surface area contributed by atoms with E-state index in [4.69, 9.17) is 4.42 Å². The van der Waals surface area contributed by atoms with Gasteiger partial charge >= 0.3 is 5.63 Å². The molecule has 28 heavy (non-hydrogen) atoms. The molecule has 0 aromatic carbocycles. The van der Waals surface area contributed by atoms with E-state index in [1.54, 1.807) is 0 Å². The van der Waals surface area contributed by atoms with Crippen molar-refractivity contribution in [2.24, 2.45) is 22.7 Å². The predicted molar refractivity (Wildman–Crippen MR) is 105 cm³/mol. The van der Waals surface area contributed by atoms with Crippen LogP contribution in [-0.2, 0) is 0 Å². The van der Waals surface area contributed by atoms with Crippen LogP contribution in [0.3, 0.4) is 0 Å². The smallest absolute Gasteiger partial charge is 0.389 e. The Balaban J connectivity index is 1.51. The van der Waals surface area contributed by atoms with Crippen molar-refractivity contribution in [1.82, 2.24) is 0 Å². The summed E-state index contributed by atoms with van der Waals surface area (Å²) in [6.45, 7) is 4.60. The first-order chi connectivity index (χ1) is 13.3. The Morgan fingerprint density at radius 1 is 1.07 bits per heavy atom. The summed E-state index contributed by atoms with van der Waals surface area (Å²) in [6.07, 6.45) is 10.9. The van der Waals surface area contributed by atoms with Crippen LogP contribution in [0.5, 0.6) is 0 Å². The highest BCUT2D eigenvalue weighted by molar-refractivity contribution is 5.30. The fraction of sp³-hybridized carbons (Fsp3) is 0.708. The van der Waals surface area contributed by atoms with Crippen LogP contribution >= 0.6 is 0 Å². The van der Waals surface area contributed by atoms with Gasteiger partial charge in [0.1, 0.15) is 6.26 Å². The van der Waals surface area contributed by atoms with Crippen molar-refractivity contribution in [3.05, 3.63) is 46.0 Å². The molecule has 4 nitrogen and oxygen atoms in total. The maximum absolute atomic E-state index is 12.1. The quantitative estimate of drug-likeness (QED) is 0.726. The Labute approximate surface area is 166 Å². The van der Waals surface area contributed by atoms with E-state index in [0.717, 1.165) is 56.9 Å². The van der Waals surface area contributed by atoms with Crippen molar-refractivity contribution in [3.8, 4) is 0 Å². The van der Waals surface area contributed by atoms with Gasteiger partial charge in [-0.15, -0.1) is 0 Å². The second-order valence-corrected chi connectivity index (χ2v) is 10.2. The van der Waals surface area contributed by atoms with Crippen molar-refractivity contribution in [1.29, 1.82) is 0 Å². The van der Waals surface area contributed by atoms with Gasteiger partial charge in [0.2, 0.25) is 0 Å². The molecular weight excluding hydrogens is 352 g/mol. The van der Waals surface area contributed by atoms with E-state index < -0.39 is 11.2 Å². The van der Waals surface area contributed by atoms with Gasteiger partial charge in [-0.3, -0.25) is 0 Å². The third-order valence-corrected chi connectivity index (χ3v) is 9.25. The minimum atomic E-state index is -0.699. The fourth-order valence-corrected chi connectivity index (χ4v) is 7.65. The first kappa shape index (κ1) is 18.5. The molecule has 4 heteroatoms. The molecule has 0 spiro atoms. The van der Waals surface area contributed by atoms with Crippen LogP contribution in [0.2, 0.25) is 0 Å². The molecule has 1 aromatic heterocycles. The van der Waals surface area contributed by atoms with Crippen LogP contribution in [0, 0.1) is 34.8 Å². The van der Waals surface area contributed by atoms with Gasteiger partial charge in [-0.2, -0.15) is 0 Å². The summed E-state index contributed by atoms with van der Waals surface area (Å²) in [5.74, 6) is 0.909. The Morgan fingerprint density at radius 3 is 2.64 bits per heavy atom. The van der Waals surface area contributed by atoms with Crippen molar-refractivity contribution < 1.29 is 14.6 Å². The Kier molecular flexibility index (Phi) is 3.93. The van der Waals surface area contributed by atoms with Crippen molar-refractivity contribution in [2.45, 2.75) is 82.8 Å². The molecule has 2 N–H and O–H groups in total. The second kappa shape index (κ2) is 5.97. The van der Waals surface area contributed by atoms with Gasteiger partial charge in [0, 0.05) is 23.0 Å². The largest absolute Gasteiger partial charge is 0.424 e. The van der Waals surface area contributed by atoms with E-state index in [0.29, 0.717) is 5.92 Å². The van der Waals surface area contributed by atoms with Crippen molar-refractivity contribution in [2.75, 3.05) is 0 Å². The molecule has 4 aliphatic carbocycles. The molecule has 5 rings (SSSR count). The molecule has 0 radical (unpaired) electrons. The average Bonchev–Trinajstić information content (AvgIpc) is 2.95. The number of allylic oxidation sites excluding steroid dienone is 1. The minimum absolute atomic E-state index is 0.108. The molecule has 4 aliphatic rings. The highest BCUT2D eigenvalue weighted by Crippen LogP contribution is 2.69. The summed E-state index contributed by atoms with van der Waals surface area (Å²) >= 11 is 0. The summed E-state index contributed by atoms with van der Waals surface area (Å²) in [7, 11) is 0. The molecule has 1 aromatic rings. The topological polar surface area (TPSA) is 70.7 Å². The van der Waals surface area contributed by atoms with Crippen LogP contribution in [0.25, 0.3) is 0 Å². The van der Waals surface area contributed by atoms with Gasteiger partial charge in [-0.25, -0.2) is 4.79 Å². The van der Waals surface area contributed by atoms with Crippen LogP contribution in [0.1, 0.15) is 76.7 Å².